The van der Waals surface area contributed by atoms with Crippen molar-refractivity contribution in [2.24, 2.45) is 5.92 Å². The van der Waals surface area contributed by atoms with Gasteiger partial charge in [-0.3, -0.25) is 10.1 Å². The highest BCUT2D eigenvalue weighted by atomic mass is 32.2. The number of hydrogen-bond acceptors (Lipinski definition) is 6. The van der Waals surface area contributed by atoms with Crippen molar-refractivity contribution >= 4 is 38.5 Å². The van der Waals surface area contributed by atoms with Crippen LogP contribution in [0.3, 0.4) is 0 Å². The Morgan fingerprint density at radius 3 is 2.40 bits per heavy atom. The molecule has 30 heavy (non-hydrogen) atoms. The van der Waals surface area contributed by atoms with Crippen LogP contribution < -0.4 is 10.0 Å². The molecule has 0 saturated heterocycles. The molecule has 1 aromatic heterocycles. The quantitative estimate of drug-likeness (QED) is 0.575. The molecule has 0 bridgehead atoms. The van der Waals surface area contributed by atoms with Gasteiger partial charge in [-0.15, -0.1) is 0 Å². The zero-order valence-electron chi connectivity index (χ0n) is 17.2. The molecule has 0 aromatic carbocycles. The van der Waals surface area contributed by atoms with Crippen LogP contribution in [0.25, 0.3) is 0 Å². The largest absolute Gasteiger partial charge is 0.480 e. The molecule has 2 fully saturated rings. The van der Waals surface area contributed by atoms with Gasteiger partial charge in [-0.1, -0.05) is 37.5 Å². The molecule has 2 aliphatic carbocycles. The van der Waals surface area contributed by atoms with E-state index in [-0.39, 0.29) is 27.5 Å². The van der Waals surface area contributed by atoms with Gasteiger partial charge in [0.15, 0.2) is 9.34 Å². The molecule has 11 heteroatoms. The van der Waals surface area contributed by atoms with Crippen molar-refractivity contribution in [3.63, 3.8) is 0 Å². The molecule has 0 atom stereocenters. The Morgan fingerprint density at radius 1 is 1.13 bits per heavy atom. The number of hydrogen-bond donors (Lipinski definition) is 3. The molecule has 1 aromatic rings. The average Bonchev–Trinajstić information content (AvgIpc) is 3.18. The van der Waals surface area contributed by atoms with Crippen molar-refractivity contribution < 1.29 is 23.1 Å². The lowest BCUT2D eigenvalue weighted by Crippen LogP contribution is -2.51. The Morgan fingerprint density at radius 2 is 1.77 bits per heavy atom. The highest BCUT2D eigenvalue weighted by molar-refractivity contribution is 7.91. The minimum atomic E-state index is -3.98. The van der Waals surface area contributed by atoms with Crippen molar-refractivity contribution in [2.45, 2.75) is 81.0 Å². The number of aliphatic carboxylic acids is 1. The fourth-order valence-corrected chi connectivity index (χ4v) is 6.37. The molecular weight excluding hydrogens is 428 g/mol. The minimum Gasteiger partial charge on any atom is -0.480 e. The van der Waals surface area contributed by atoms with E-state index in [4.69, 9.17) is 5.11 Å². The summed E-state index contributed by atoms with van der Waals surface area (Å²) in [6.07, 6.45) is 10.8. The lowest BCUT2D eigenvalue weighted by atomic mass is 9.84. The van der Waals surface area contributed by atoms with Crippen LogP contribution in [-0.4, -0.2) is 54.0 Å². The number of carbonyl (C=O) groups excluding carboxylic acids is 1. The van der Waals surface area contributed by atoms with Gasteiger partial charge < -0.3 is 10.0 Å². The van der Waals surface area contributed by atoms with E-state index in [1.807, 2.05) is 9.62 Å². The maximum Gasteiger partial charge on any atom is 0.324 e. The van der Waals surface area contributed by atoms with Crippen molar-refractivity contribution in [3.8, 4) is 0 Å². The van der Waals surface area contributed by atoms with Gasteiger partial charge >= 0.3 is 12.0 Å². The van der Waals surface area contributed by atoms with Gasteiger partial charge in [0.1, 0.15) is 6.54 Å². The number of aromatic nitrogens is 1. The summed E-state index contributed by atoms with van der Waals surface area (Å²) in [5, 5.41) is 11.7. The number of thiazole rings is 1. The number of carbonyl (C=O) groups is 2. The fraction of sp³-hybridized carbons (Fsp3) is 0.737. The predicted molar refractivity (Wildman–Crippen MR) is 114 cm³/mol. The SMILES string of the molecule is CC1CCC(N(C(=O)Nc2ncc(S(=O)(=O)NCC(=O)O)s2)C2CCCCC2)CC1. The van der Waals surface area contributed by atoms with E-state index in [9.17, 15) is 18.0 Å². The number of amides is 2. The molecule has 2 amide bonds. The van der Waals surface area contributed by atoms with Gasteiger partial charge in [0.2, 0.25) is 0 Å². The van der Waals surface area contributed by atoms with Gasteiger partial charge in [-0.2, -0.15) is 4.72 Å². The maximum absolute atomic E-state index is 13.2. The lowest BCUT2D eigenvalue weighted by Gasteiger charge is -2.42. The molecular formula is C19H30N4O5S2. The number of rotatable bonds is 7. The Kier molecular flexibility index (Phi) is 7.70. The molecule has 3 rings (SSSR count). The number of carboxylic acid groups (broad SMARTS) is 1. The summed E-state index contributed by atoms with van der Waals surface area (Å²) < 4.78 is 26.2. The number of carboxylic acids is 1. The Bertz CT molecular complexity index is 843. The van der Waals surface area contributed by atoms with Gasteiger partial charge in [0.25, 0.3) is 10.0 Å². The number of urea groups is 1. The molecule has 2 saturated carbocycles. The van der Waals surface area contributed by atoms with Crippen molar-refractivity contribution in [1.82, 2.24) is 14.6 Å². The van der Waals surface area contributed by atoms with Gasteiger partial charge in [0, 0.05) is 12.1 Å². The Balaban J connectivity index is 1.71. The van der Waals surface area contributed by atoms with E-state index in [2.05, 4.69) is 17.2 Å². The summed E-state index contributed by atoms with van der Waals surface area (Å²) in [5.74, 6) is -0.593. The number of nitrogens with zero attached hydrogens (tertiary/aromatic N) is 2. The first-order valence-electron chi connectivity index (χ1n) is 10.5. The molecule has 0 unspecified atom stereocenters. The summed E-state index contributed by atoms with van der Waals surface area (Å²) in [5.41, 5.74) is 0. The van der Waals surface area contributed by atoms with Crippen molar-refractivity contribution in [2.75, 3.05) is 11.9 Å². The van der Waals surface area contributed by atoms with Crippen LogP contribution in [-0.2, 0) is 14.8 Å². The van der Waals surface area contributed by atoms with Crippen LogP contribution in [0.2, 0.25) is 0 Å². The third-order valence-corrected chi connectivity index (χ3v) is 8.73. The summed E-state index contributed by atoms with van der Waals surface area (Å²) in [4.78, 5) is 29.8. The maximum atomic E-state index is 13.2. The normalized spacial score (nSPS) is 23.1. The van der Waals surface area contributed by atoms with Crippen LogP contribution in [0.5, 0.6) is 0 Å². The first kappa shape index (κ1) is 23.0. The van der Waals surface area contributed by atoms with Crippen LogP contribution >= 0.6 is 11.3 Å². The van der Waals surface area contributed by atoms with Crippen LogP contribution in [0.4, 0.5) is 9.93 Å². The summed E-state index contributed by atoms with van der Waals surface area (Å²) in [7, 11) is -3.98. The predicted octanol–water partition coefficient (Wildman–Crippen LogP) is 3.25. The molecule has 2 aliphatic rings. The van der Waals surface area contributed by atoms with Crippen molar-refractivity contribution in [3.05, 3.63) is 6.20 Å². The van der Waals surface area contributed by atoms with Crippen molar-refractivity contribution in [1.29, 1.82) is 0 Å². The minimum absolute atomic E-state index is 0.130. The molecule has 1 heterocycles. The van der Waals surface area contributed by atoms with E-state index < -0.39 is 22.5 Å². The molecule has 0 spiro atoms. The third-order valence-electron chi connectivity index (χ3n) is 5.96. The highest BCUT2D eigenvalue weighted by Gasteiger charge is 2.34. The van der Waals surface area contributed by atoms with Crippen LogP contribution in [0.1, 0.15) is 64.7 Å². The molecule has 0 radical (unpaired) electrons. The Labute approximate surface area is 181 Å². The molecule has 0 aliphatic heterocycles. The number of nitrogens with one attached hydrogen (secondary N) is 2. The zero-order chi connectivity index (χ0) is 21.7. The second-order valence-corrected chi connectivity index (χ2v) is 11.3. The lowest BCUT2D eigenvalue weighted by molar-refractivity contribution is -0.135. The smallest absolute Gasteiger partial charge is 0.324 e. The summed E-state index contributed by atoms with van der Waals surface area (Å²) in [6.45, 7) is 1.54. The van der Waals surface area contributed by atoms with Gasteiger partial charge in [0.05, 0.1) is 6.20 Å². The molecule has 3 N–H and O–H groups in total. The fourth-order valence-electron chi connectivity index (χ4n) is 4.33. The summed E-state index contributed by atoms with van der Waals surface area (Å²) >= 11 is 0.818. The van der Waals surface area contributed by atoms with E-state index in [1.165, 1.54) is 6.42 Å². The Hall–Kier alpha value is -1.72. The van der Waals surface area contributed by atoms with E-state index in [0.29, 0.717) is 5.92 Å². The third kappa shape index (κ3) is 5.92. The topological polar surface area (TPSA) is 129 Å². The second-order valence-electron chi connectivity index (χ2n) is 8.25. The molecule has 168 valence electrons. The first-order chi connectivity index (χ1) is 14.3. The van der Waals surface area contributed by atoms with Gasteiger partial charge in [-0.05, 0) is 44.4 Å². The first-order valence-corrected chi connectivity index (χ1v) is 12.8. The average molecular weight is 459 g/mol. The standard InChI is InChI=1S/C19H30N4O5S2/c1-13-7-9-15(10-8-13)23(14-5-3-2-4-6-14)19(26)22-18-20-12-17(29-18)30(27,28)21-11-16(24)25/h12-15,21H,2-11H2,1H3,(H,24,25)(H,20,22,26). The second kappa shape index (κ2) is 10.1. The van der Waals surface area contributed by atoms with Crippen LogP contribution in [0, 0.1) is 5.92 Å². The van der Waals surface area contributed by atoms with E-state index in [1.54, 1.807) is 0 Å². The van der Waals surface area contributed by atoms with E-state index in [0.717, 1.165) is 68.9 Å². The number of anilines is 1. The monoisotopic (exact) mass is 458 g/mol. The summed E-state index contributed by atoms with van der Waals surface area (Å²) in [6, 6.07) is 0.181. The van der Waals surface area contributed by atoms with Crippen LogP contribution in [0.15, 0.2) is 10.4 Å². The molecule has 9 nitrogen and oxygen atoms in total. The number of sulfonamides is 1. The van der Waals surface area contributed by atoms with Gasteiger partial charge in [-0.25, -0.2) is 18.2 Å². The van der Waals surface area contributed by atoms with E-state index >= 15 is 0 Å². The highest BCUT2D eigenvalue weighted by Crippen LogP contribution is 2.33. The zero-order valence-corrected chi connectivity index (χ0v) is 18.8.